The van der Waals surface area contributed by atoms with E-state index < -0.39 is 6.04 Å². The molecule has 4 aromatic rings. The van der Waals surface area contributed by atoms with Crippen molar-refractivity contribution >= 4 is 23.2 Å². The van der Waals surface area contributed by atoms with Gasteiger partial charge in [-0.05, 0) is 53.5 Å². The number of amides is 2. The first-order valence-corrected chi connectivity index (χ1v) is 18.3. The third kappa shape index (κ3) is 9.38. The van der Waals surface area contributed by atoms with Crippen molar-refractivity contribution in [1.29, 1.82) is 0 Å². The Kier molecular flexibility index (Phi) is 12.2. The Balaban J connectivity index is 1.24. The van der Waals surface area contributed by atoms with Crippen LogP contribution in [0.15, 0.2) is 73.1 Å². The number of carbonyl (C=O) groups excluding carboxylic acids is 2. The minimum Gasteiger partial charge on any atom is -0.396 e. The Labute approximate surface area is 289 Å². The molecule has 1 fully saturated rings. The molecule has 0 saturated carbocycles. The van der Waals surface area contributed by atoms with E-state index in [-0.39, 0.29) is 29.8 Å². The third-order valence-corrected chi connectivity index (χ3v) is 10.7. The van der Waals surface area contributed by atoms with Crippen LogP contribution in [0.2, 0.25) is 0 Å². The zero-order valence-electron chi connectivity index (χ0n) is 28.9. The number of hydrogen-bond acceptors (Lipinski definition) is 6. The maximum Gasteiger partial charge on any atom is 0.262 e. The monoisotopic (exact) mass is 666 g/mol. The van der Waals surface area contributed by atoms with E-state index in [2.05, 4.69) is 67.2 Å². The van der Waals surface area contributed by atoms with Crippen LogP contribution in [-0.2, 0) is 23.1 Å². The number of nitrogens with zero attached hydrogens (tertiary/aromatic N) is 3. The molecule has 7 nitrogen and oxygen atoms in total. The summed E-state index contributed by atoms with van der Waals surface area (Å²) in [6.45, 7) is 9.75. The second kappa shape index (κ2) is 16.5. The quantitative estimate of drug-likeness (QED) is 0.134. The number of aliphatic hydroxyl groups is 1. The summed E-state index contributed by atoms with van der Waals surface area (Å²) in [5.74, 6) is 0.352. The predicted molar refractivity (Wildman–Crippen MR) is 195 cm³/mol. The molecule has 5 rings (SSSR count). The number of aliphatic hydroxyl groups excluding tert-OH is 1. The highest BCUT2D eigenvalue weighted by Gasteiger charge is 2.32. The van der Waals surface area contributed by atoms with Gasteiger partial charge in [-0.2, -0.15) is 0 Å². The molecule has 0 bridgehead atoms. The SMILES string of the molecule is CCCCCCCc1ccc(-c2cnc(-c3ccc(C[C@H](NC(=O)c4ccc(C(C)(C)C)s4)C(=O)N4CC[C@H](CO)C4)cc3)nc2)cc1. The molecule has 2 aromatic carbocycles. The molecule has 2 aromatic heterocycles. The minimum absolute atomic E-state index is 0.0572. The van der Waals surface area contributed by atoms with Crippen molar-refractivity contribution < 1.29 is 14.7 Å². The molecular formula is C40H50N4O3S. The van der Waals surface area contributed by atoms with Crippen LogP contribution in [0.3, 0.4) is 0 Å². The standard InChI is InChI=1S/C40H50N4O3S/c1-5-6-7-8-9-10-28-11-15-31(16-12-28)33-24-41-37(42-25-33)32-17-13-29(14-18-32)23-34(39(47)44-22-21-30(26-44)27-45)43-38(46)35-19-20-36(48-35)40(2,3)4/h11-20,24-25,30,34,45H,5-10,21-23,26-27H2,1-4H3,(H,43,46)/t30-,34-/m0/s1. The van der Waals surface area contributed by atoms with Gasteiger partial charge < -0.3 is 15.3 Å². The highest BCUT2D eigenvalue weighted by Crippen LogP contribution is 2.30. The van der Waals surface area contributed by atoms with Crippen LogP contribution in [0.5, 0.6) is 0 Å². The molecule has 2 atom stereocenters. The van der Waals surface area contributed by atoms with E-state index >= 15 is 0 Å². The van der Waals surface area contributed by atoms with Crippen LogP contribution in [0, 0.1) is 5.92 Å². The van der Waals surface area contributed by atoms with Gasteiger partial charge in [0.2, 0.25) is 5.91 Å². The molecular weight excluding hydrogens is 617 g/mol. The molecule has 0 unspecified atom stereocenters. The maximum absolute atomic E-state index is 13.7. The van der Waals surface area contributed by atoms with Crippen LogP contribution in [0.1, 0.15) is 91.9 Å². The highest BCUT2D eigenvalue weighted by atomic mass is 32.1. The lowest BCUT2D eigenvalue weighted by Crippen LogP contribution is -2.49. The number of rotatable bonds is 14. The van der Waals surface area contributed by atoms with Crippen molar-refractivity contribution in [3.63, 3.8) is 0 Å². The molecule has 3 heterocycles. The lowest BCUT2D eigenvalue weighted by molar-refractivity contribution is -0.132. The number of nitrogens with one attached hydrogen (secondary N) is 1. The molecule has 0 spiro atoms. The van der Waals surface area contributed by atoms with E-state index in [1.54, 1.807) is 4.90 Å². The zero-order chi connectivity index (χ0) is 34.1. The first kappa shape index (κ1) is 35.4. The molecule has 1 saturated heterocycles. The first-order chi connectivity index (χ1) is 23.1. The van der Waals surface area contributed by atoms with Crippen molar-refractivity contribution in [2.24, 2.45) is 5.92 Å². The van der Waals surface area contributed by atoms with Gasteiger partial charge in [0.15, 0.2) is 5.82 Å². The minimum atomic E-state index is -0.719. The molecule has 0 aliphatic carbocycles. The van der Waals surface area contributed by atoms with Gasteiger partial charge in [0, 0.05) is 60.4 Å². The summed E-state index contributed by atoms with van der Waals surface area (Å²) in [5, 5.41) is 12.7. The van der Waals surface area contributed by atoms with Crippen LogP contribution in [0.4, 0.5) is 0 Å². The zero-order valence-corrected chi connectivity index (χ0v) is 29.7. The van der Waals surface area contributed by atoms with Crippen molar-refractivity contribution in [2.45, 2.75) is 90.5 Å². The summed E-state index contributed by atoms with van der Waals surface area (Å²) in [5.41, 5.74) is 5.20. The fraction of sp³-hybridized carbons (Fsp3) is 0.450. The van der Waals surface area contributed by atoms with Crippen LogP contribution >= 0.6 is 11.3 Å². The van der Waals surface area contributed by atoms with Crippen LogP contribution in [0.25, 0.3) is 22.5 Å². The summed E-state index contributed by atoms with van der Waals surface area (Å²) < 4.78 is 0. The Morgan fingerprint density at radius 2 is 1.56 bits per heavy atom. The van der Waals surface area contributed by atoms with Gasteiger partial charge in [-0.3, -0.25) is 9.59 Å². The van der Waals surface area contributed by atoms with E-state index in [1.807, 2.05) is 48.8 Å². The number of aromatic nitrogens is 2. The smallest absolute Gasteiger partial charge is 0.262 e. The number of benzene rings is 2. The van der Waals surface area contributed by atoms with Gasteiger partial charge in [-0.1, -0.05) is 102 Å². The second-order valence-electron chi connectivity index (χ2n) is 14.1. The van der Waals surface area contributed by atoms with Crippen molar-refractivity contribution in [1.82, 2.24) is 20.2 Å². The van der Waals surface area contributed by atoms with E-state index in [4.69, 9.17) is 0 Å². The third-order valence-electron chi connectivity index (χ3n) is 9.19. The lowest BCUT2D eigenvalue weighted by Gasteiger charge is -2.24. The predicted octanol–water partition coefficient (Wildman–Crippen LogP) is 7.86. The van der Waals surface area contributed by atoms with Crippen molar-refractivity contribution in [3.8, 4) is 22.5 Å². The van der Waals surface area contributed by atoms with Gasteiger partial charge in [-0.25, -0.2) is 9.97 Å². The summed E-state index contributed by atoms with van der Waals surface area (Å²) in [7, 11) is 0. The topological polar surface area (TPSA) is 95.4 Å². The molecule has 8 heteroatoms. The number of carbonyl (C=O) groups is 2. The van der Waals surface area contributed by atoms with Gasteiger partial charge in [0.1, 0.15) is 6.04 Å². The van der Waals surface area contributed by atoms with E-state index in [0.29, 0.717) is 30.2 Å². The Morgan fingerprint density at radius 3 is 2.19 bits per heavy atom. The van der Waals surface area contributed by atoms with Gasteiger partial charge in [-0.15, -0.1) is 11.3 Å². The average molecular weight is 667 g/mol. The highest BCUT2D eigenvalue weighted by molar-refractivity contribution is 7.14. The first-order valence-electron chi connectivity index (χ1n) is 17.5. The molecule has 0 radical (unpaired) electrons. The fourth-order valence-corrected chi connectivity index (χ4v) is 7.11. The number of unbranched alkanes of at least 4 members (excludes halogenated alkanes) is 4. The van der Waals surface area contributed by atoms with E-state index in [0.717, 1.165) is 40.0 Å². The molecule has 2 amide bonds. The van der Waals surface area contributed by atoms with Gasteiger partial charge in [0.25, 0.3) is 5.91 Å². The van der Waals surface area contributed by atoms with Crippen LogP contribution < -0.4 is 5.32 Å². The number of aryl methyl sites for hydroxylation is 1. The Hall–Kier alpha value is -3.88. The number of likely N-dealkylation sites (tertiary alicyclic amines) is 1. The Morgan fingerprint density at radius 1 is 0.896 bits per heavy atom. The molecule has 1 aliphatic heterocycles. The van der Waals surface area contributed by atoms with Crippen molar-refractivity contribution in [3.05, 3.63) is 93.9 Å². The summed E-state index contributed by atoms with van der Waals surface area (Å²) in [6.07, 6.45) is 12.4. The molecule has 254 valence electrons. The van der Waals surface area contributed by atoms with E-state index in [9.17, 15) is 14.7 Å². The molecule has 1 aliphatic rings. The Bertz CT molecular complexity index is 1620. The number of thiophene rings is 1. The maximum atomic E-state index is 13.7. The normalized spacial score (nSPS) is 15.4. The fourth-order valence-electron chi connectivity index (χ4n) is 6.14. The summed E-state index contributed by atoms with van der Waals surface area (Å²) in [4.78, 5) is 39.8. The summed E-state index contributed by atoms with van der Waals surface area (Å²) in [6, 6.07) is 19.7. The lowest BCUT2D eigenvalue weighted by atomic mass is 9.95. The summed E-state index contributed by atoms with van der Waals surface area (Å²) >= 11 is 1.46. The molecule has 2 N–H and O–H groups in total. The second-order valence-corrected chi connectivity index (χ2v) is 15.2. The average Bonchev–Trinajstić information content (AvgIpc) is 3.80. The van der Waals surface area contributed by atoms with Gasteiger partial charge >= 0.3 is 0 Å². The number of hydrogen-bond donors (Lipinski definition) is 2. The van der Waals surface area contributed by atoms with Crippen LogP contribution in [-0.4, -0.2) is 57.5 Å². The van der Waals surface area contributed by atoms with Crippen molar-refractivity contribution in [2.75, 3.05) is 19.7 Å². The largest absolute Gasteiger partial charge is 0.396 e. The van der Waals surface area contributed by atoms with E-state index in [1.165, 1.54) is 49.0 Å². The van der Waals surface area contributed by atoms with Gasteiger partial charge in [0.05, 0.1) is 4.88 Å². The molecule has 48 heavy (non-hydrogen) atoms.